The van der Waals surface area contributed by atoms with Crippen LogP contribution in [0.15, 0.2) is 95.9 Å². The Morgan fingerprint density at radius 2 is 1.27 bits per heavy atom. The fourth-order valence-corrected chi connectivity index (χ4v) is 12.9. The van der Waals surface area contributed by atoms with Crippen LogP contribution in [0.4, 0.5) is 0 Å². The number of sulfonamides is 1. The molecule has 0 bridgehead atoms. The summed E-state index contributed by atoms with van der Waals surface area (Å²) in [7, 11) is -4.28. The zero-order valence-electron chi connectivity index (χ0n) is 48.0. The lowest BCUT2D eigenvalue weighted by Gasteiger charge is -2.37. The van der Waals surface area contributed by atoms with E-state index in [1.165, 1.54) is 18.7 Å². The van der Waals surface area contributed by atoms with Crippen LogP contribution in [0.25, 0.3) is 0 Å². The summed E-state index contributed by atoms with van der Waals surface area (Å²) in [6, 6.07) is 23.1. The van der Waals surface area contributed by atoms with Crippen LogP contribution in [0.2, 0.25) is 0 Å². The molecule has 5 rings (SSSR count). The molecule has 0 radical (unpaired) electrons. The topological polar surface area (TPSA) is 309 Å². The third kappa shape index (κ3) is 17.7. The van der Waals surface area contributed by atoms with Gasteiger partial charge in [0.2, 0.25) is 35.5 Å². The summed E-state index contributed by atoms with van der Waals surface area (Å²) in [5.74, 6) is -5.09. The minimum absolute atomic E-state index is 0.0430. The van der Waals surface area contributed by atoms with Crippen molar-refractivity contribution in [2.24, 2.45) is 5.73 Å². The molecular weight excluding hydrogens is 1070 g/mol. The Morgan fingerprint density at radius 3 is 1.79 bits per heavy atom. The number of carboxylic acids is 1. The Balaban J connectivity index is 1.50. The van der Waals surface area contributed by atoms with Crippen molar-refractivity contribution in [2.45, 2.75) is 159 Å². The molecule has 0 fully saturated rings. The Hall–Kier alpha value is -7.01. The fourth-order valence-electron chi connectivity index (χ4n) is 9.83. The summed E-state index contributed by atoms with van der Waals surface area (Å²) >= 11 is 1.33. The van der Waals surface area contributed by atoms with Gasteiger partial charge in [-0.05, 0) is 134 Å². The second kappa shape index (κ2) is 28.6. The second-order valence-electron chi connectivity index (χ2n) is 21.9. The number of thioether (sulfide) groups is 1. The summed E-state index contributed by atoms with van der Waals surface area (Å²) in [4.78, 5) is 82.2. The fraction of sp³-hybridized carbons (Fsp3) is 0.475. The van der Waals surface area contributed by atoms with Gasteiger partial charge in [0.15, 0.2) is 0 Å². The molecule has 20 nitrogen and oxygen atoms in total. The first-order chi connectivity index (χ1) is 38.1. The van der Waals surface area contributed by atoms with E-state index in [2.05, 4.69) is 36.6 Å². The Morgan fingerprint density at radius 1 is 0.741 bits per heavy atom. The van der Waals surface area contributed by atoms with Gasteiger partial charge in [0, 0.05) is 31.2 Å². The van der Waals surface area contributed by atoms with Crippen LogP contribution in [-0.2, 0) is 54.7 Å². The maximum Gasteiger partial charge on any atom is 0.326 e. The van der Waals surface area contributed by atoms with Crippen molar-refractivity contribution in [3.05, 3.63) is 130 Å². The van der Waals surface area contributed by atoms with Crippen LogP contribution in [0.5, 0.6) is 5.75 Å². The minimum Gasteiger partial charge on any atom is -0.487 e. The highest BCUT2D eigenvalue weighted by Gasteiger charge is 2.42. The first-order valence-corrected chi connectivity index (χ1v) is 29.6. The number of hydrogen-bond donors (Lipinski definition) is 10. The largest absolute Gasteiger partial charge is 0.487 e. The average Bonchev–Trinajstić information content (AvgIpc) is 4.05. The van der Waals surface area contributed by atoms with Gasteiger partial charge in [-0.1, -0.05) is 91.0 Å². The number of fused-ring (bicyclic) bond motifs is 1. The number of ether oxygens (including phenoxy) is 2. The SMILES string of the molecule is CC(=O)NCC(=O)N[C@@H](CCCNC(=N)NS(=O)(=O)c1c(C)c(C)c2c(c1C)CC(C)(C)O2)C(=O)N[C@@H](CSC(c1ccccc1)(c1ccccc1)c1ccccc1)C(=O)N[C@H](C(=O)N[C@@H](CCCCN)C(=O)O)[C@@H](C)OC(C)(C)C. The molecule has 0 saturated carbocycles. The van der Waals surface area contributed by atoms with Crippen molar-refractivity contribution < 1.29 is 51.8 Å². The van der Waals surface area contributed by atoms with E-state index in [0.717, 1.165) is 22.3 Å². The lowest BCUT2D eigenvalue weighted by molar-refractivity contribution is -0.145. The highest BCUT2D eigenvalue weighted by molar-refractivity contribution is 8.00. The zero-order chi connectivity index (χ0) is 59.9. The molecule has 4 aromatic rings. The highest BCUT2D eigenvalue weighted by Crippen LogP contribution is 2.49. The lowest BCUT2D eigenvalue weighted by Crippen LogP contribution is -2.61. The number of aliphatic carboxylic acids is 1. The molecule has 5 atom stereocenters. The van der Waals surface area contributed by atoms with E-state index >= 15 is 4.79 Å². The van der Waals surface area contributed by atoms with Gasteiger partial charge in [0.05, 0.1) is 27.9 Å². The Labute approximate surface area is 480 Å². The van der Waals surface area contributed by atoms with E-state index in [1.807, 2.05) is 105 Å². The average molecular weight is 1160 g/mol. The van der Waals surface area contributed by atoms with E-state index < -0.39 is 104 Å². The molecular formula is C59H81N9O11S2. The quantitative estimate of drug-likeness (QED) is 0.0153. The number of carboxylic acid groups (broad SMARTS) is 1. The standard InChI is InChI=1S/C59H81N9O11S2/c1-36-37(2)51(38(3)44-33-58(9,10)79-50(36)44)81(76,77)68-56(61)62-32-22-30-45(64-48(70)34-63-40(5)69)52(71)66-47(53(72)67-49(39(4)78-57(6,7)8)54(73)65-46(55(74)75)29-20-21-31-60)35-80-59(41-23-14-11-15-24-41,42-25-16-12-17-26-42)43-27-18-13-19-28-43/h11-19,23-28,39,45-47,49H,20-22,29-35,60H2,1-10H3,(H,63,69)(H,64,70)(H,65,73)(H,66,71)(H,67,72)(H,74,75)(H3,61,62,68)/t39-,45+,46+,47+,49+/m1/s1. The number of amides is 5. The van der Waals surface area contributed by atoms with Crippen LogP contribution in [0, 0.1) is 26.2 Å². The normalized spacial score (nSPS) is 14.8. The molecule has 0 unspecified atom stereocenters. The first-order valence-electron chi connectivity index (χ1n) is 27.1. The molecule has 0 saturated heterocycles. The molecule has 0 spiro atoms. The van der Waals surface area contributed by atoms with Gasteiger partial charge < -0.3 is 52.2 Å². The van der Waals surface area contributed by atoms with Crippen molar-refractivity contribution >= 4 is 63.2 Å². The number of carbonyl (C=O) groups is 6. The monoisotopic (exact) mass is 1160 g/mol. The van der Waals surface area contributed by atoms with E-state index in [9.17, 15) is 37.5 Å². The number of nitrogens with two attached hydrogens (primary N) is 1. The first kappa shape index (κ1) is 64.8. The number of hydrogen-bond acceptors (Lipinski definition) is 13. The van der Waals surface area contributed by atoms with Crippen molar-refractivity contribution in [1.82, 2.24) is 36.6 Å². The number of rotatable bonds is 28. The van der Waals surface area contributed by atoms with E-state index in [0.29, 0.717) is 48.2 Å². The third-order valence-corrected chi connectivity index (χ3v) is 17.0. The predicted octanol–water partition coefficient (Wildman–Crippen LogP) is 5.13. The predicted molar refractivity (Wildman–Crippen MR) is 313 cm³/mol. The number of carbonyl (C=O) groups excluding carboxylic acids is 5. The number of unbranched alkanes of at least 4 members (excludes halogenated alkanes) is 1. The van der Waals surface area contributed by atoms with Gasteiger partial charge in [0.25, 0.3) is 10.0 Å². The van der Waals surface area contributed by atoms with E-state index in [1.54, 1.807) is 48.5 Å². The molecule has 81 heavy (non-hydrogen) atoms. The van der Waals surface area contributed by atoms with Crippen molar-refractivity contribution in [1.29, 1.82) is 5.41 Å². The van der Waals surface area contributed by atoms with Crippen LogP contribution in [0.3, 0.4) is 0 Å². The Bertz CT molecular complexity index is 2880. The summed E-state index contributed by atoms with van der Waals surface area (Å²) in [5, 5.41) is 34.8. The van der Waals surface area contributed by atoms with Gasteiger partial charge in [-0.2, -0.15) is 0 Å². The molecule has 0 aliphatic carbocycles. The van der Waals surface area contributed by atoms with Gasteiger partial charge >= 0.3 is 5.97 Å². The van der Waals surface area contributed by atoms with Gasteiger partial charge in [-0.25, -0.2) is 17.9 Å². The van der Waals surface area contributed by atoms with Crippen LogP contribution in [-0.4, -0.2) is 122 Å². The molecule has 1 heterocycles. The molecule has 5 amide bonds. The molecule has 1 aliphatic rings. The maximum absolute atomic E-state index is 15.2. The van der Waals surface area contributed by atoms with Crippen molar-refractivity contribution in [3.63, 3.8) is 0 Å². The molecule has 22 heteroatoms. The van der Waals surface area contributed by atoms with E-state index in [-0.39, 0.29) is 36.5 Å². The highest BCUT2D eigenvalue weighted by atomic mass is 32.2. The molecule has 440 valence electrons. The lowest BCUT2D eigenvalue weighted by atomic mass is 9.84. The van der Waals surface area contributed by atoms with Crippen LogP contribution in [0.1, 0.15) is 120 Å². The van der Waals surface area contributed by atoms with Crippen molar-refractivity contribution in [3.8, 4) is 5.75 Å². The summed E-state index contributed by atoms with van der Waals surface area (Å²) in [6.45, 7) is 16.9. The summed E-state index contributed by atoms with van der Waals surface area (Å²) < 4.78 is 41.6. The Kier molecular flexibility index (Phi) is 22.9. The molecule has 4 aromatic carbocycles. The third-order valence-electron chi connectivity index (χ3n) is 13.7. The minimum atomic E-state index is -4.28. The van der Waals surface area contributed by atoms with Crippen molar-refractivity contribution in [2.75, 3.05) is 25.4 Å². The molecule has 1 aliphatic heterocycles. The zero-order valence-corrected chi connectivity index (χ0v) is 49.7. The van der Waals surface area contributed by atoms with Gasteiger partial charge in [-0.15, -0.1) is 11.8 Å². The number of guanidine groups is 1. The van der Waals surface area contributed by atoms with Crippen LogP contribution >= 0.6 is 11.8 Å². The summed E-state index contributed by atoms with van der Waals surface area (Å²) in [6.07, 6.45) is 0.383. The molecule has 11 N–H and O–H groups in total. The second-order valence-corrected chi connectivity index (χ2v) is 24.7. The number of nitrogens with one attached hydrogen (secondary N) is 8. The van der Waals surface area contributed by atoms with Gasteiger partial charge in [0.1, 0.15) is 35.5 Å². The van der Waals surface area contributed by atoms with Gasteiger partial charge in [-0.3, -0.25) is 29.4 Å². The number of benzene rings is 4. The summed E-state index contributed by atoms with van der Waals surface area (Å²) in [5.41, 5.74) is 9.29. The van der Waals surface area contributed by atoms with E-state index in [4.69, 9.17) is 20.6 Å². The molecule has 0 aromatic heterocycles. The smallest absolute Gasteiger partial charge is 0.326 e. The van der Waals surface area contributed by atoms with Crippen LogP contribution < -0.4 is 47.1 Å². The maximum atomic E-state index is 15.2.